The van der Waals surface area contributed by atoms with Crippen LogP contribution in [-0.2, 0) is 6.54 Å². The number of halogens is 2. The lowest BCUT2D eigenvalue weighted by Crippen LogP contribution is -2.42. The summed E-state index contributed by atoms with van der Waals surface area (Å²) in [5.41, 5.74) is 1.10. The molecule has 0 saturated heterocycles. The Labute approximate surface area is 128 Å². The van der Waals surface area contributed by atoms with Crippen LogP contribution >= 0.6 is 34.2 Å². The predicted octanol–water partition coefficient (Wildman–Crippen LogP) is 5.19. The summed E-state index contributed by atoms with van der Waals surface area (Å²) in [5, 5.41) is -0.383. The zero-order valence-corrected chi connectivity index (χ0v) is 13.7. The van der Waals surface area contributed by atoms with Crippen LogP contribution in [0.25, 0.3) is 0 Å². The topological polar surface area (TPSA) is 20.3 Å². The minimum Gasteiger partial charge on any atom is -0.311 e. The Bertz CT molecular complexity index is 381. The van der Waals surface area contributed by atoms with Crippen molar-refractivity contribution in [1.29, 1.82) is 0 Å². The normalized spacial score (nSPS) is 14.0. The quantitative estimate of drug-likeness (QED) is 0.288. The number of amides is 1. The number of alkyl halides is 1. The minimum atomic E-state index is -0.383. The molecule has 1 rings (SSSR count). The van der Waals surface area contributed by atoms with Gasteiger partial charge in [0.1, 0.15) is 0 Å². The molecule has 0 heterocycles. The van der Waals surface area contributed by atoms with E-state index in [9.17, 15) is 4.79 Å². The zero-order chi connectivity index (χ0) is 13.6. The molecule has 100 valence electrons. The molecule has 0 radical (unpaired) electrons. The molecule has 0 aliphatic carbocycles. The van der Waals surface area contributed by atoms with Crippen LogP contribution in [-0.4, -0.2) is 13.8 Å². The highest BCUT2D eigenvalue weighted by molar-refractivity contribution is 14.1. The number of benzene rings is 1. The van der Waals surface area contributed by atoms with Crippen LogP contribution in [0, 0.1) is 0 Å². The first-order valence-corrected chi connectivity index (χ1v) is 7.63. The van der Waals surface area contributed by atoms with Crippen LogP contribution in [0.5, 0.6) is 0 Å². The van der Waals surface area contributed by atoms with Gasteiger partial charge in [0.2, 0.25) is 0 Å². The molecule has 18 heavy (non-hydrogen) atoms. The summed E-state index contributed by atoms with van der Waals surface area (Å²) in [4.78, 5) is 13.4. The van der Waals surface area contributed by atoms with Crippen molar-refractivity contribution in [2.75, 3.05) is 0 Å². The molecular formula is C14H19ClINO. The Kier molecular flexibility index (Phi) is 6.43. The third-order valence-electron chi connectivity index (χ3n) is 2.95. The highest BCUT2D eigenvalue weighted by Crippen LogP contribution is 2.32. The van der Waals surface area contributed by atoms with Gasteiger partial charge in [-0.15, -0.1) is 0 Å². The summed E-state index contributed by atoms with van der Waals surface area (Å²) >= 11 is 8.06. The van der Waals surface area contributed by atoms with E-state index < -0.39 is 0 Å². The molecule has 0 bridgehead atoms. The molecule has 1 aromatic carbocycles. The van der Waals surface area contributed by atoms with E-state index in [2.05, 4.69) is 36.4 Å². The minimum absolute atomic E-state index is 0.234. The molecule has 0 aromatic heterocycles. The fraction of sp³-hybridized carbons (Fsp3) is 0.500. The molecule has 0 aliphatic heterocycles. The fourth-order valence-electron chi connectivity index (χ4n) is 1.81. The SMILES string of the molecule is CCCCC(C)(I)N(Cc1ccccc1)C(=O)Cl. The van der Waals surface area contributed by atoms with Gasteiger partial charge in [0, 0.05) is 6.54 Å². The van der Waals surface area contributed by atoms with Gasteiger partial charge >= 0.3 is 5.37 Å². The van der Waals surface area contributed by atoms with Gasteiger partial charge in [0.25, 0.3) is 0 Å². The van der Waals surface area contributed by atoms with Crippen molar-refractivity contribution in [2.45, 2.75) is 43.2 Å². The Morgan fingerprint density at radius 3 is 2.50 bits per heavy atom. The van der Waals surface area contributed by atoms with Crippen molar-refractivity contribution >= 4 is 39.6 Å². The van der Waals surface area contributed by atoms with Gasteiger partial charge in [-0.3, -0.25) is 4.79 Å². The largest absolute Gasteiger partial charge is 0.317 e. The summed E-state index contributed by atoms with van der Waals surface area (Å²) in [6.07, 6.45) is 3.17. The monoisotopic (exact) mass is 379 g/mol. The highest BCUT2D eigenvalue weighted by Gasteiger charge is 2.31. The van der Waals surface area contributed by atoms with E-state index in [-0.39, 0.29) is 8.91 Å². The molecule has 1 unspecified atom stereocenters. The third kappa shape index (κ3) is 4.76. The van der Waals surface area contributed by atoms with Gasteiger partial charge < -0.3 is 4.90 Å². The molecule has 0 saturated carbocycles. The standard InChI is InChI=1S/C14H19ClINO/c1-3-4-10-14(2,16)17(13(15)18)11-12-8-6-5-7-9-12/h5-9H,3-4,10-11H2,1-2H3. The first kappa shape index (κ1) is 15.8. The molecule has 1 amide bonds. The van der Waals surface area contributed by atoms with E-state index in [1.807, 2.05) is 30.3 Å². The van der Waals surface area contributed by atoms with Crippen molar-refractivity contribution in [2.24, 2.45) is 0 Å². The number of carbonyl (C=O) groups excluding carboxylic acids is 1. The van der Waals surface area contributed by atoms with Crippen LogP contribution in [0.2, 0.25) is 0 Å². The predicted molar refractivity (Wildman–Crippen MR) is 85.2 cm³/mol. The van der Waals surface area contributed by atoms with E-state index in [0.29, 0.717) is 6.54 Å². The molecule has 1 atom stereocenters. The maximum atomic E-state index is 11.6. The van der Waals surface area contributed by atoms with E-state index in [1.165, 1.54) is 0 Å². The van der Waals surface area contributed by atoms with Gasteiger partial charge in [-0.05, 0) is 30.5 Å². The van der Waals surface area contributed by atoms with Crippen LogP contribution in [0.3, 0.4) is 0 Å². The Morgan fingerprint density at radius 1 is 1.39 bits per heavy atom. The maximum Gasteiger partial charge on any atom is 0.317 e. The number of carbonyl (C=O) groups is 1. The number of nitrogens with zero attached hydrogens (tertiary/aromatic N) is 1. The lowest BCUT2D eigenvalue weighted by atomic mass is 10.1. The van der Waals surface area contributed by atoms with Gasteiger partial charge in [-0.1, -0.05) is 72.7 Å². The third-order valence-corrected chi connectivity index (χ3v) is 4.27. The van der Waals surface area contributed by atoms with Crippen molar-refractivity contribution in [3.05, 3.63) is 35.9 Å². The summed E-state index contributed by atoms with van der Waals surface area (Å²) in [5.74, 6) is 0. The fourth-order valence-corrected chi connectivity index (χ4v) is 2.97. The van der Waals surface area contributed by atoms with Crippen LogP contribution in [0.15, 0.2) is 30.3 Å². The molecule has 4 heteroatoms. The summed E-state index contributed by atoms with van der Waals surface area (Å²) < 4.78 is -0.234. The molecule has 0 aliphatic rings. The van der Waals surface area contributed by atoms with Crippen molar-refractivity contribution in [1.82, 2.24) is 4.90 Å². The molecular weight excluding hydrogens is 361 g/mol. The first-order chi connectivity index (χ1) is 8.47. The molecule has 1 aromatic rings. The number of unbranched alkanes of at least 4 members (excludes halogenated alkanes) is 1. The number of rotatable bonds is 6. The first-order valence-electron chi connectivity index (χ1n) is 6.17. The lowest BCUT2D eigenvalue weighted by Gasteiger charge is -2.35. The van der Waals surface area contributed by atoms with E-state index in [4.69, 9.17) is 11.6 Å². The second-order valence-electron chi connectivity index (χ2n) is 4.57. The maximum absolute atomic E-state index is 11.6. The van der Waals surface area contributed by atoms with Crippen LogP contribution in [0.4, 0.5) is 4.79 Å². The summed E-state index contributed by atoms with van der Waals surface area (Å²) in [6.45, 7) is 4.77. The van der Waals surface area contributed by atoms with Crippen LogP contribution < -0.4 is 0 Å². The van der Waals surface area contributed by atoms with Crippen molar-refractivity contribution < 1.29 is 4.79 Å². The zero-order valence-electron chi connectivity index (χ0n) is 10.8. The number of hydrogen-bond donors (Lipinski definition) is 0. The average Bonchev–Trinajstić information content (AvgIpc) is 2.34. The van der Waals surface area contributed by atoms with E-state index >= 15 is 0 Å². The van der Waals surface area contributed by atoms with Crippen molar-refractivity contribution in [3.8, 4) is 0 Å². The number of hydrogen-bond acceptors (Lipinski definition) is 1. The summed E-state index contributed by atoms with van der Waals surface area (Å²) in [6, 6.07) is 9.95. The Morgan fingerprint density at radius 2 is 2.00 bits per heavy atom. The second-order valence-corrected chi connectivity index (χ2v) is 7.22. The molecule has 0 spiro atoms. The van der Waals surface area contributed by atoms with E-state index in [0.717, 1.165) is 24.8 Å². The summed E-state index contributed by atoms with van der Waals surface area (Å²) in [7, 11) is 0. The Balaban J connectivity index is 2.79. The van der Waals surface area contributed by atoms with E-state index in [1.54, 1.807) is 4.90 Å². The molecule has 0 fully saturated rings. The average molecular weight is 380 g/mol. The van der Waals surface area contributed by atoms with Gasteiger partial charge in [0.15, 0.2) is 0 Å². The molecule has 0 N–H and O–H groups in total. The second kappa shape index (κ2) is 7.34. The van der Waals surface area contributed by atoms with Gasteiger partial charge in [-0.25, -0.2) is 0 Å². The van der Waals surface area contributed by atoms with Gasteiger partial charge in [0.05, 0.1) is 3.55 Å². The van der Waals surface area contributed by atoms with Crippen molar-refractivity contribution in [3.63, 3.8) is 0 Å². The van der Waals surface area contributed by atoms with Crippen LogP contribution in [0.1, 0.15) is 38.7 Å². The smallest absolute Gasteiger partial charge is 0.311 e. The van der Waals surface area contributed by atoms with Gasteiger partial charge in [-0.2, -0.15) is 0 Å². The highest BCUT2D eigenvalue weighted by atomic mass is 127. The molecule has 2 nitrogen and oxygen atoms in total. The lowest BCUT2D eigenvalue weighted by molar-refractivity contribution is 0.188. The Hall–Kier alpha value is -0.290.